The summed E-state index contributed by atoms with van der Waals surface area (Å²) in [6.45, 7) is 1.30. The van der Waals surface area contributed by atoms with Crippen LogP contribution in [0.1, 0.15) is 17.7 Å². The third-order valence-electron chi connectivity index (χ3n) is 2.22. The molecule has 2 atom stereocenters. The van der Waals surface area contributed by atoms with Gasteiger partial charge in [-0.15, -0.1) is 0 Å². The third-order valence-corrected chi connectivity index (χ3v) is 2.81. The predicted octanol–water partition coefficient (Wildman–Crippen LogP) is 0.353. The monoisotopic (exact) mass is 254 g/mol. The first-order valence-electron chi connectivity index (χ1n) is 4.95. The van der Waals surface area contributed by atoms with E-state index in [1.807, 2.05) is 0 Å². The summed E-state index contributed by atoms with van der Waals surface area (Å²) >= 11 is 4.27. The Morgan fingerprint density at radius 2 is 1.88 bits per heavy atom. The summed E-state index contributed by atoms with van der Waals surface area (Å²) in [5.41, 5.74) is 5.89. The van der Waals surface area contributed by atoms with Crippen LogP contribution in [-0.4, -0.2) is 23.0 Å². The molecule has 17 heavy (non-hydrogen) atoms. The number of nitrogens with two attached hydrogens (primary N) is 1. The van der Waals surface area contributed by atoms with Crippen molar-refractivity contribution in [1.29, 1.82) is 0 Å². The molecule has 0 saturated heterocycles. The van der Waals surface area contributed by atoms with Gasteiger partial charge in [-0.3, -0.25) is 9.59 Å². The van der Waals surface area contributed by atoms with E-state index in [1.165, 1.54) is 19.1 Å². The van der Waals surface area contributed by atoms with Crippen LogP contribution in [0.15, 0.2) is 24.3 Å². The fourth-order valence-corrected chi connectivity index (χ4v) is 1.78. The van der Waals surface area contributed by atoms with Gasteiger partial charge < -0.3 is 16.2 Å². The van der Waals surface area contributed by atoms with Crippen molar-refractivity contribution in [3.05, 3.63) is 29.8 Å². The van der Waals surface area contributed by atoms with E-state index in [-0.39, 0.29) is 11.7 Å². The van der Waals surface area contributed by atoms with Crippen LogP contribution in [0.5, 0.6) is 5.75 Å². The zero-order valence-corrected chi connectivity index (χ0v) is 10.1. The van der Waals surface area contributed by atoms with Crippen LogP contribution in [0.25, 0.3) is 0 Å². The Morgan fingerprint density at radius 3 is 2.29 bits per heavy atom. The van der Waals surface area contributed by atoms with Crippen LogP contribution >= 0.6 is 12.6 Å². The van der Waals surface area contributed by atoms with Gasteiger partial charge >= 0.3 is 0 Å². The van der Waals surface area contributed by atoms with Gasteiger partial charge in [0.15, 0.2) is 0 Å². The minimum absolute atomic E-state index is 0.115. The highest BCUT2D eigenvalue weighted by molar-refractivity contribution is 7.80. The lowest BCUT2D eigenvalue weighted by molar-refractivity contribution is -0.126. The number of benzene rings is 1. The molecule has 2 unspecified atom stereocenters. The molecule has 0 aliphatic carbocycles. The summed E-state index contributed by atoms with van der Waals surface area (Å²) < 4.78 is 0. The van der Waals surface area contributed by atoms with Crippen molar-refractivity contribution in [2.75, 3.05) is 0 Å². The number of phenols is 1. The minimum Gasteiger partial charge on any atom is -0.508 e. The SMILES string of the molecule is CC(=O)NC(C(N)=O)C(S)c1ccc(O)cc1. The molecule has 0 fully saturated rings. The summed E-state index contributed by atoms with van der Waals surface area (Å²) in [6.07, 6.45) is 0. The summed E-state index contributed by atoms with van der Waals surface area (Å²) in [5.74, 6) is -0.899. The minimum atomic E-state index is -0.889. The number of amides is 2. The molecular weight excluding hydrogens is 240 g/mol. The second-order valence-electron chi connectivity index (χ2n) is 3.62. The lowest BCUT2D eigenvalue weighted by atomic mass is 10.0. The number of phenolic OH excluding ortho intramolecular Hbond substituents is 1. The molecule has 0 bridgehead atoms. The Balaban J connectivity index is 2.91. The van der Waals surface area contributed by atoms with Gasteiger partial charge in [0.05, 0.1) is 5.25 Å². The molecule has 0 aromatic heterocycles. The first kappa shape index (κ1) is 13.4. The third kappa shape index (κ3) is 3.67. The molecule has 92 valence electrons. The summed E-state index contributed by atoms with van der Waals surface area (Å²) in [6, 6.07) is 5.30. The summed E-state index contributed by atoms with van der Waals surface area (Å²) in [5, 5.41) is 11.0. The largest absolute Gasteiger partial charge is 0.508 e. The van der Waals surface area contributed by atoms with Crippen LogP contribution < -0.4 is 11.1 Å². The molecule has 1 aromatic carbocycles. The van der Waals surface area contributed by atoms with E-state index in [9.17, 15) is 9.59 Å². The van der Waals surface area contributed by atoms with Gasteiger partial charge in [0, 0.05) is 6.92 Å². The van der Waals surface area contributed by atoms with Crippen molar-refractivity contribution in [1.82, 2.24) is 5.32 Å². The van der Waals surface area contributed by atoms with Gasteiger partial charge in [0.25, 0.3) is 0 Å². The Hall–Kier alpha value is -1.69. The lowest BCUT2D eigenvalue weighted by Gasteiger charge is -2.21. The molecule has 0 aliphatic heterocycles. The number of primary amides is 1. The molecule has 0 saturated carbocycles. The summed E-state index contributed by atoms with van der Waals surface area (Å²) in [4.78, 5) is 22.2. The van der Waals surface area contributed by atoms with E-state index >= 15 is 0 Å². The van der Waals surface area contributed by atoms with Crippen molar-refractivity contribution in [2.45, 2.75) is 18.2 Å². The summed E-state index contributed by atoms with van der Waals surface area (Å²) in [7, 11) is 0. The van der Waals surface area contributed by atoms with Gasteiger partial charge in [-0.2, -0.15) is 12.6 Å². The molecule has 1 rings (SSSR count). The second-order valence-corrected chi connectivity index (χ2v) is 4.17. The normalized spacial score (nSPS) is 13.8. The number of aromatic hydroxyl groups is 1. The van der Waals surface area contributed by atoms with Crippen LogP contribution in [-0.2, 0) is 9.59 Å². The first-order chi connectivity index (χ1) is 7.91. The molecule has 6 heteroatoms. The zero-order valence-electron chi connectivity index (χ0n) is 9.25. The van der Waals surface area contributed by atoms with E-state index in [0.29, 0.717) is 5.56 Å². The Morgan fingerprint density at radius 1 is 1.35 bits per heavy atom. The van der Waals surface area contributed by atoms with Gasteiger partial charge in [-0.25, -0.2) is 0 Å². The van der Waals surface area contributed by atoms with Crippen molar-refractivity contribution in [2.24, 2.45) is 5.73 Å². The van der Waals surface area contributed by atoms with E-state index in [4.69, 9.17) is 10.8 Å². The van der Waals surface area contributed by atoms with Gasteiger partial charge in [0.1, 0.15) is 11.8 Å². The smallest absolute Gasteiger partial charge is 0.241 e. The van der Waals surface area contributed by atoms with Crippen LogP contribution in [0.4, 0.5) is 0 Å². The highest BCUT2D eigenvalue weighted by atomic mass is 32.1. The maximum atomic E-state index is 11.2. The highest BCUT2D eigenvalue weighted by Crippen LogP contribution is 2.25. The number of hydrogen-bond acceptors (Lipinski definition) is 4. The molecule has 0 aliphatic rings. The highest BCUT2D eigenvalue weighted by Gasteiger charge is 2.25. The number of thiol groups is 1. The first-order valence-corrected chi connectivity index (χ1v) is 5.47. The fraction of sp³-hybridized carbons (Fsp3) is 0.273. The number of rotatable bonds is 4. The van der Waals surface area contributed by atoms with Crippen LogP contribution in [0.2, 0.25) is 0 Å². The number of nitrogens with one attached hydrogen (secondary N) is 1. The average molecular weight is 254 g/mol. The Labute approximate surface area is 104 Å². The van der Waals surface area contributed by atoms with Gasteiger partial charge in [-0.1, -0.05) is 12.1 Å². The molecule has 4 N–H and O–H groups in total. The molecule has 0 radical (unpaired) electrons. The zero-order chi connectivity index (χ0) is 13.0. The standard InChI is InChI=1S/C11H14N2O3S/c1-6(14)13-9(11(12)16)10(17)7-2-4-8(15)5-3-7/h2-5,9-10,15,17H,1H3,(H2,12,16)(H,13,14). The van der Waals surface area contributed by atoms with Gasteiger partial charge in [0.2, 0.25) is 11.8 Å². The second kappa shape index (κ2) is 5.58. The van der Waals surface area contributed by atoms with Gasteiger partial charge in [-0.05, 0) is 17.7 Å². The topological polar surface area (TPSA) is 92.4 Å². The quantitative estimate of drug-likeness (QED) is 0.584. The van der Waals surface area contributed by atoms with Crippen molar-refractivity contribution >= 4 is 24.4 Å². The maximum absolute atomic E-state index is 11.2. The lowest BCUT2D eigenvalue weighted by Crippen LogP contribution is -2.46. The fourth-order valence-electron chi connectivity index (χ4n) is 1.39. The molecule has 0 spiro atoms. The van der Waals surface area contributed by atoms with Crippen LogP contribution in [0.3, 0.4) is 0 Å². The van der Waals surface area contributed by atoms with Crippen molar-refractivity contribution in [3.63, 3.8) is 0 Å². The molecule has 5 nitrogen and oxygen atoms in total. The molecule has 0 heterocycles. The predicted molar refractivity (Wildman–Crippen MR) is 66.6 cm³/mol. The maximum Gasteiger partial charge on any atom is 0.241 e. The average Bonchev–Trinajstić information content (AvgIpc) is 2.25. The molecule has 2 amide bonds. The van der Waals surface area contributed by atoms with E-state index in [1.54, 1.807) is 12.1 Å². The number of carbonyl (C=O) groups excluding carboxylic acids is 2. The van der Waals surface area contributed by atoms with Crippen molar-refractivity contribution < 1.29 is 14.7 Å². The van der Waals surface area contributed by atoms with Crippen LogP contribution in [0, 0.1) is 0 Å². The van der Waals surface area contributed by atoms with E-state index in [0.717, 1.165) is 0 Å². The molecular formula is C11H14N2O3S. The Kier molecular flexibility index (Phi) is 4.39. The molecule has 1 aromatic rings. The number of hydrogen-bond donors (Lipinski definition) is 4. The van der Waals surface area contributed by atoms with E-state index in [2.05, 4.69) is 17.9 Å². The van der Waals surface area contributed by atoms with Crippen molar-refractivity contribution in [3.8, 4) is 5.75 Å². The Bertz CT molecular complexity index is 419. The van der Waals surface area contributed by atoms with E-state index < -0.39 is 17.2 Å². The number of carbonyl (C=O) groups is 2.